The van der Waals surface area contributed by atoms with Gasteiger partial charge in [-0.2, -0.15) is 0 Å². The lowest BCUT2D eigenvalue weighted by molar-refractivity contribution is -0.130. The van der Waals surface area contributed by atoms with Crippen LogP contribution in [0.3, 0.4) is 0 Å². The van der Waals surface area contributed by atoms with Crippen molar-refractivity contribution in [2.45, 2.75) is 33.2 Å². The summed E-state index contributed by atoms with van der Waals surface area (Å²) in [5.74, 6) is -0.395. The lowest BCUT2D eigenvalue weighted by atomic mass is 10.0. The molecule has 1 atom stereocenters. The quantitative estimate of drug-likeness (QED) is 0.630. The summed E-state index contributed by atoms with van der Waals surface area (Å²) in [7, 11) is 0. The molecular weight excluding hydrogens is 156 g/mol. The van der Waals surface area contributed by atoms with Gasteiger partial charge in [-0.1, -0.05) is 13.8 Å². The molecule has 0 saturated carbocycles. The fourth-order valence-electron chi connectivity index (χ4n) is 0.881. The van der Waals surface area contributed by atoms with E-state index in [0.717, 1.165) is 0 Å². The lowest BCUT2D eigenvalue weighted by Crippen LogP contribution is -2.43. The van der Waals surface area contributed by atoms with Crippen LogP contribution in [0, 0.1) is 5.92 Å². The van der Waals surface area contributed by atoms with Crippen LogP contribution >= 0.6 is 0 Å². The van der Waals surface area contributed by atoms with Crippen molar-refractivity contribution in [2.75, 3.05) is 0 Å². The number of amides is 2. The summed E-state index contributed by atoms with van der Waals surface area (Å²) in [5.41, 5.74) is 5.50. The van der Waals surface area contributed by atoms with E-state index < -0.39 is 11.9 Å². The van der Waals surface area contributed by atoms with Crippen LogP contribution in [0.4, 0.5) is 0 Å². The minimum absolute atomic E-state index is 0.359. The van der Waals surface area contributed by atoms with Gasteiger partial charge < -0.3 is 5.73 Å². The summed E-state index contributed by atoms with van der Waals surface area (Å²) in [6.07, 6.45) is 0.596. The first-order valence-electron chi connectivity index (χ1n) is 4.00. The van der Waals surface area contributed by atoms with Crippen LogP contribution in [0.2, 0.25) is 0 Å². The number of nitrogens with two attached hydrogens (primary N) is 1. The largest absolute Gasteiger partial charge is 0.320 e. The van der Waals surface area contributed by atoms with Crippen molar-refractivity contribution in [3.05, 3.63) is 0 Å². The molecule has 0 aliphatic rings. The minimum Gasteiger partial charge on any atom is -0.320 e. The lowest BCUT2D eigenvalue weighted by Gasteiger charge is -2.12. The Labute approximate surface area is 72.5 Å². The molecule has 0 spiro atoms. The van der Waals surface area contributed by atoms with Crippen molar-refractivity contribution >= 4 is 11.8 Å². The molecule has 0 bridgehead atoms. The maximum atomic E-state index is 11.0. The van der Waals surface area contributed by atoms with Crippen LogP contribution in [0.25, 0.3) is 0 Å². The Morgan fingerprint density at radius 1 is 1.42 bits per heavy atom. The third-order valence-corrected chi connectivity index (χ3v) is 1.36. The van der Waals surface area contributed by atoms with Crippen LogP contribution in [0.5, 0.6) is 0 Å². The average Bonchev–Trinajstić information content (AvgIpc) is 1.84. The molecule has 12 heavy (non-hydrogen) atoms. The van der Waals surface area contributed by atoms with E-state index in [0.29, 0.717) is 12.3 Å². The molecule has 4 heteroatoms. The first-order valence-corrected chi connectivity index (χ1v) is 4.00. The number of rotatable bonds is 3. The van der Waals surface area contributed by atoms with Crippen LogP contribution < -0.4 is 11.1 Å². The Morgan fingerprint density at radius 3 is 2.25 bits per heavy atom. The molecule has 0 aliphatic heterocycles. The normalized spacial score (nSPS) is 12.8. The molecule has 0 radical (unpaired) electrons. The predicted molar refractivity (Wildman–Crippen MR) is 46.3 cm³/mol. The van der Waals surface area contributed by atoms with Crippen molar-refractivity contribution in [2.24, 2.45) is 11.7 Å². The van der Waals surface area contributed by atoms with Gasteiger partial charge in [-0.15, -0.1) is 0 Å². The van der Waals surface area contributed by atoms with Gasteiger partial charge in [0.05, 0.1) is 6.04 Å². The van der Waals surface area contributed by atoms with Crippen molar-refractivity contribution < 1.29 is 9.59 Å². The van der Waals surface area contributed by atoms with Gasteiger partial charge in [-0.25, -0.2) is 0 Å². The van der Waals surface area contributed by atoms with Gasteiger partial charge in [0.15, 0.2) is 0 Å². The van der Waals surface area contributed by atoms with Gasteiger partial charge in [0, 0.05) is 6.92 Å². The number of carbonyl (C=O) groups is 2. The zero-order chi connectivity index (χ0) is 9.72. The summed E-state index contributed by atoms with van der Waals surface area (Å²) >= 11 is 0. The van der Waals surface area contributed by atoms with Crippen molar-refractivity contribution in [1.29, 1.82) is 0 Å². The molecule has 0 unspecified atom stereocenters. The van der Waals surface area contributed by atoms with Crippen molar-refractivity contribution in [1.82, 2.24) is 5.32 Å². The topological polar surface area (TPSA) is 72.2 Å². The van der Waals surface area contributed by atoms with Crippen LogP contribution in [-0.4, -0.2) is 17.9 Å². The van der Waals surface area contributed by atoms with E-state index in [1.54, 1.807) is 0 Å². The van der Waals surface area contributed by atoms with E-state index in [1.807, 2.05) is 13.8 Å². The van der Waals surface area contributed by atoms with E-state index >= 15 is 0 Å². The molecule has 0 rings (SSSR count). The first-order chi connectivity index (χ1) is 5.43. The predicted octanol–water partition coefficient (Wildman–Crippen LogP) is 0.0225. The fraction of sp³-hybridized carbons (Fsp3) is 0.750. The summed E-state index contributed by atoms with van der Waals surface area (Å²) in [5, 5.41) is 2.15. The summed E-state index contributed by atoms with van der Waals surface area (Å²) in [6.45, 7) is 5.24. The molecule has 0 aliphatic carbocycles. The van der Waals surface area contributed by atoms with Gasteiger partial charge in [-0.05, 0) is 12.3 Å². The summed E-state index contributed by atoms with van der Waals surface area (Å²) < 4.78 is 0. The molecule has 70 valence electrons. The number of imide groups is 1. The van der Waals surface area contributed by atoms with Crippen molar-refractivity contribution in [3.63, 3.8) is 0 Å². The molecule has 0 aromatic rings. The standard InChI is InChI=1S/C8H16N2O2/c1-5(2)4-7(9)8(12)10-6(3)11/h5,7H,4,9H2,1-3H3,(H,10,11,12)/t7-/m1/s1. The van der Waals surface area contributed by atoms with Crippen LogP contribution in [0.15, 0.2) is 0 Å². The Bertz CT molecular complexity index is 178. The van der Waals surface area contributed by atoms with E-state index in [1.165, 1.54) is 6.92 Å². The maximum Gasteiger partial charge on any atom is 0.243 e. The molecule has 3 N–H and O–H groups in total. The third kappa shape index (κ3) is 4.85. The number of nitrogens with one attached hydrogen (secondary N) is 1. The second-order valence-corrected chi connectivity index (χ2v) is 3.28. The minimum atomic E-state index is -0.575. The number of carbonyl (C=O) groups excluding carboxylic acids is 2. The Morgan fingerprint density at radius 2 is 1.92 bits per heavy atom. The van der Waals surface area contributed by atoms with Gasteiger partial charge in [0.25, 0.3) is 0 Å². The van der Waals surface area contributed by atoms with Crippen molar-refractivity contribution in [3.8, 4) is 0 Å². The second kappa shape index (κ2) is 4.87. The van der Waals surface area contributed by atoms with E-state index in [-0.39, 0.29) is 5.91 Å². The summed E-state index contributed by atoms with van der Waals surface area (Å²) in [4.78, 5) is 21.5. The van der Waals surface area contributed by atoms with E-state index in [9.17, 15) is 9.59 Å². The molecule has 0 aromatic heterocycles. The third-order valence-electron chi connectivity index (χ3n) is 1.36. The summed E-state index contributed by atoms with van der Waals surface area (Å²) in [6, 6.07) is -0.575. The van der Waals surface area contributed by atoms with Crippen LogP contribution in [0.1, 0.15) is 27.2 Å². The zero-order valence-electron chi connectivity index (χ0n) is 7.76. The molecule has 4 nitrogen and oxygen atoms in total. The fourth-order valence-corrected chi connectivity index (χ4v) is 0.881. The highest BCUT2D eigenvalue weighted by Gasteiger charge is 2.15. The monoisotopic (exact) mass is 172 g/mol. The highest BCUT2D eigenvalue weighted by atomic mass is 16.2. The van der Waals surface area contributed by atoms with Gasteiger partial charge in [0.2, 0.25) is 11.8 Å². The molecule has 0 fully saturated rings. The Hall–Kier alpha value is -0.900. The highest BCUT2D eigenvalue weighted by molar-refractivity contribution is 5.96. The van der Waals surface area contributed by atoms with Crippen LogP contribution in [-0.2, 0) is 9.59 Å². The molecule has 2 amide bonds. The molecule has 0 saturated heterocycles. The van der Waals surface area contributed by atoms with E-state index in [4.69, 9.17) is 5.73 Å². The van der Waals surface area contributed by atoms with E-state index in [2.05, 4.69) is 5.32 Å². The Balaban J connectivity index is 3.85. The zero-order valence-corrected chi connectivity index (χ0v) is 7.76. The smallest absolute Gasteiger partial charge is 0.243 e. The maximum absolute atomic E-state index is 11.0. The number of hydrogen-bond donors (Lipinski definition) is 2. The molecular formula is C8H16N2O2. The van der Waals surface area contributed by atoms with Gasteiger partial charge in [-0.3, -0.25) is 14.9 Å². The van der Waals surface area contributed by atoms with Gasteiger partial charge in [0.1, 0.15) is 0 Å². The number of hydrogen-bond acceptors (Lipinski definition) is 3. The molecule has 0 heterocycles. The average molecular weight is 172 g/mol. The SMILES string of the molecule is CC(=O)NC(=O)[C@H](N)CC(C)C. The second-order valence-electron chi connectivity index (χ2n) is 3.28. The highest BCUT2D eigenvalue weighted by Crippen LogP contribution is 2.01. The molecule has 0 aromatic carbocycles. The first kappa shape index (κ1) is 11.1. The Kier molecular flexibility index (Phi) is 4.51. The van der Waals surface area contributed by atoms with Gasteiger partial charge >= 0.3 is 0 Å².